The Morgan fingerprint density at radius 3 is 3.06 bits per heavy atom. The average molecular weight is 229 g/mol. The minimum atomic E-state index is -0.927. The molecule has 2 heterocycles. The van der Waals surface area contributed by atoms with Gasteiger partial charge in [-0.15, -0.1) is 11.3 Å². The van der Waals surface area contributed by atoms with Crippen LogP contribution < -0.4 is 0 Å². The fourth-order valence-electron chi connectivity index (χ4n) is 1.93. The lowest BCUT2D eigenvalue weighted by atomic mass is 10.1. The predicted octanol–water partition coefficient (Wildman–Crippen LogP) is 2.64. The van der Waals surface area contributed by atoms with Crippen LogP contribution in [0.5, 0.6) is 0 Å². The second-order valence-electron chi connectivity index (χ2n) is 3.46. The van der Waals surface area contributed by atoms with Gasteiger partial charge in [-0.3, -0.25) is 4.98 Å². The van der Waals surface area contributed by atoms with E-state index in [2.05, 4.69) is 4.98 Å². The van der Waals surface area contributed by atoms with Gasteiger partial charge in [0.25, 0.3) is 0 Å². The Balaban J connectivity index is 2.33. The lowest BCUT2D eigenvalue weighted by Crippen LogP contribution is -1.91. The monoisotopic (exact) mass is 229 g/mol. The molecule has 0 radical (unpaired) electrons. The van der Waals surface area contributed by atoms with E-state index in [0.29, 0.717) is 0 Å². The van der Waals surface area contributed by atoms with Crippen LogP contribution in [0.3, 0.4) is 0 Å². The van der Waals surface area contributed by atoms with E-state index >= 15 is 0 Å². The molecule has 1 aliphatic rings. The zero-order valence-electron chi connectivity index (χ0n) is 8.18. The standard InChI is InChI=1S/C12H7NO2S/c14-10(15)6-9-7-2-1-4-13-11(7)12-8(9)3-5-16-12/h1-6H,(H,14,15)/b9-6+. The van der Waals surface area contributed by atoms with Crippen molar-refractivity contribution >= 4 is 22.9 Å². The summed E-state index contributed by atoms with van der Waals surface area (Å²) in [5, 5.41) is 10.8. The van der Waals surface area contributed by atoms with Crippen LogP contribution in [0.15, 0.2) is 35.9 Å². The summed E-state index contributed by atoms with van der Waals surface area (Å²) >= 11 is 1.59. The van der Waals surface area contributed by atoms with E-state index < -0.39 is 5.97 Å². The Kier molecular flexibility index (Phi) is 1.91. The third-order valence-corrected chi connectivity index (χ3v) is 3.46. The average Bonchev–Trinajstić information content (AvgIpc) is 2.82. The number of hydrogen-bond acceptors (Lipinski definition) is 3. The number of aliphatic carboxylic acids is 1. The van der Waals surface area contributed by atoms with E-state index in [1.165, 1.54) is 6.08 Å². The van der Waals surface area contributed by atoms with E-state index in [-0.39, 0.29) is 0 Å². The molecule has 1 N–H and O–H groups in total. The molecule has 16 heavy (non-hydrogen) atoms. The molecule has 0 atom stereocenters. The van der Waals surface area contributed by atoms with Gasteiger partial charge >= 0.3 is 5.97 Å². The summed E-state index contributed by atoms with van der Waals surface area (Å²) in [4.78, 5) is 16.2. The van der Waals surface area contributed by atoms with E-state index in [1.807, 2.05) is 23.6 Å². The van der Waals surface area contributed by atoms with Crippen LogP contribution in [0.1, 0.15) is 11.1 Å². The predicted molar refractivity (Wildman–Crippen MR) is 62.3 cm³/mol. The largest absolute Gasteiger partial charge is 0.478 e. The Hall–Kier alpha value is -1.94. The van der Waals surface area contributed by atoms with Crippen LogP contribution in [-0.2, 0) is 4.79 Å². The van der Waals surface area contributed by atoms with Gasteiger partial charge in [0.15, 0.2) is 0 Å². The maximum Gasteiger partial charge on any atom is 0.328 e. The van der Waals surface area contributed by atoms with Crippen LogP contribution in [-0.4, -0.2) is 16.1 Å². The number of carboxylic acids is 1. The number of carboxylic acid groups (broad SMARTS) is 1. The molecule has 0 fully saturated rings. The van der Waals surface area contributed by atoms with Crippen molar-refractivity contribution in [1.82, 2.24) is 4.98 Å². The highest BCUT2D eigenvalue weighted by molar-refractivity contribution is 7.14. The second kappa shape index (κ2) is 3.28. The summed E-state index contributed by atoms with van der Waals surface area (Å²) in [6.07, 6.45) is 2.98. The zero-order chi connectivity index (χ0) is 11.1. The second-order valence-corrected chi connectivity index (χ2v) is 4.38. The molecule has 3 rings (SSSR count). The van der Waals surface area contributed by atoms with E-state index in [4.69, 9.17) is 5.11 Å². The van der Waals surface area contributed by atoms with Gasteiger partial charge < -0.3 is 5.11 Å². The van der Waals surface area contributed by atoms with Crippen LogP contribution in [0.2, 0.25) is 0 Å². The fourth-order valence-corrected chi connectivity index (χ4v) is 2.85. The Morgan fingerprint density at radius 1 is 1.38 bits per heavy atom. The minimum Gasteiger partial charge on any atom is -0.478 e. The van der Waals surface area contributed by atoms with Crippen molar-refractivity contribution in [2.75, 3.05) is 0 Å². The summed E-state index contributed by atoms with van der Waals surface area (Å²) < 4.78 is 0. The van der Waals surface area contributed by atoms with Crippen LogP contribution in [0, 0.1) is 0 Å². The summed E-state index contributed by atoms with van der Waals surface area (Å²) in [6, 6.07) is 5.67. The molecule has 3 nitrogen and oxygen atoms in total. The molecule has 0 unspecified atom stereocenters. The topological polar surface area (TPSA) is 50.2 Å². The van der Waals surface area contributed by atoms with E-state index in [0.717, 1.165) is 27.3 Å². The SMILES string of the molecule is O=C(O)/C=C1\c2cccnc2-c2sccc21. The molecule has 0 bridgehead atoms. The number of nitrogens with zero attached hydrogens (tertiary/aromatic N) is 1. The first-order valence-electron chi connectivity index (χ1n) is 4.75. The molecule has 0 aromatic carbocycles. The van der Waals surface area contributed by atoms with Crippen molar-refractivity contribution in [2.24, 2.45) is 0 Å². The third kappa shape index (κ3) is 1.20. The lowest BCUT2D eigenvalue weighted by Gasteiger charge is -1.98. The van der Waals surface area contributed by atoms with Gasteiger partial charge in [-0.05, 0) is 23.1 Å². The number of fused-ring (bicyclic) bond motifs is 3. The van der Waals surface area contributed by atoms with Crippen LogP contribution >= 0.6 is 11.3 Å². The normalized spacial score (nSPS) is 14.9. The Morgan fingerprint density at radius 2 is 2.25 bits per heavy atom. The molecule has 0 amide bonds. The maximum atomic E-state index is 10.8. The number of rotatable bonds is 1. The van der Waals surface area contributed by atoms with Crippen molar-refractivity contribution < 1.29 is 9.90 Å². The van der Waals surface area contributed by atoms with Crippen LogP contribution in [0.25, 0.3) is 16.1 Å². The number of aromatic nitrogens is 1. The van der Waals surface area contributed by atoms with Gasteiger partial charge in [-0.1, -0.05) is 6.07 Å². The first-order valence-corrected chi connectivity index (χ1v) is 5.63. The third-order valence-electron chi connectivity index (χ3n) is 2.54. The summed E-state index contributed by atoms with van der Waals surface area (Å²) in [6.45, 7) is 0. The van der Waals surface area contributed by atoms with Crippen molar-refractivity contribution in [3.63, 3.8) is 0 Å². The van der Waals surface area contributed by atoms with Crippen molar-refractivity contribution in [1.29, 1.82) is 0 Å². The molecule has 0 aliphatic heterocycles. The van der Waals surface area contributed by atoms with Gasteiger partial charge in [0.05, 0.1) is 10.6 Å². The van der Waals surface area contributed by atoms with Crippen LogP contribution in [0.4, 0.5) is 0 Å². The fraction of sp³-hybridized carbons (Fsp3) is 0. The van der Waals surface area contributed by atoms with E-state index in [1.54, 1.807) is 17.5 Å². The van der Waals surface area contributed by atoms with E-state index in [9.17, 15) is 4.79 Å². The Labute approximate surface area is 95.7 Å². The lowest BCUT2D eigenvalue weighted by molar-refractivity contribution is -0.131. The highest BCUT2D eigenvalue weighted by atomic mass is 32.1. The molecule has 1 aliphatic carbocycles. The first-order chi connectivity index (χ1) is 7.77. The highest BCUT2D eigenvalue weighted by Gasteiger charge is 2.25. The van der Waals surface area contributed by atoms with Gasteiger partial charge in [-0.2, -0.15) is 0 Å². The molecule has 0 saturated heterocycles. The first kappa shape index (κ1) is 9.30. The summed E-state index contributed by atoms with van der Waals surface area (Å²) in [5.74, 6) is -0.927. The highest BCUT2D eigenvalue weighted by Crippen LogP contribution is 2.45. The quantitative estimate of drug-likeness (QED) is 0.652. The molecular formula is C12H7NO2S. The summed E-state index contributed by atoms with van der Waals surface area (Å²) in [5.41, 5.74) is 3.53. The minimum absolute atomic E-state index is 0.756. The van der Waals surface area contributed by atoms with Gasteiger partial charge in [-0.25, -0.2) is 4.79 Å². The number of carbonyl (C=O) groups is 1. The molecular weight excluding hydrogens is 222 g/mol. The maximum absolute atomic E-state index is 10.8. The number of thiophene rings is 1. The summed E-state index contributed by atoms with van der Waals surface area (Å²) in [7, 11) is 0. The number of hydrogen-bond donors (Lipinski definition) is 1. The number of pyridine rings is 1. The van der Waals surface area contributed by atoms with Gasteiger partial charge in [0.2, 0.25) is 0 Å². The molecule has 0 spiro atoms. The molecule has 78 valence electrons. The molecule has 2 aromatic rings. The van der Waals surface area contributed by atoms with Crippen molar-refractivity contribution in [2.45, 2.75) is 0 Å². The molecule has 0 saturated carbocycles. The zero-order valence-corrected chi connectivity index (χ0v) is 8.99. The molecule has 4 heteroatoms. The molecule has 2 aromatic heterocycles. The van der Waals surface area contributed by atoms with Gasteiger partial charge in [0, 0.05) is 23.4 Å². The Bertz CT molecular complexity index is 613. The smallest absolute Gasteiger partial charge is 0.328 e. The van der Waals surface area contributed by atoms with Crippen molar-refractivity contribution in [3.8, 4) is 10.6 Å². The van der Waals surface area contributed by atoms with Gasteiger partial charge in [0.1, 0.15) is 0 Å². The van der Waals surface area contributed by atoms with Crippen molar-refractivity contribution in [3.05, 3.63) is 47.0 Å².